The van der Waals surface area contributed by atoms with Gasteiger partial charge in [-0.2, -0.15) is 0 Å². The molecule has 2 aliphatic heterocycles. The summed E-state index contributed by atoms with van der Waals surface area (Å²) in [5.41, 5.74) is 2.78. The van der Waals surface area contributed by atoms with Crippen LogP contribution in [0.2, 0.25) is 0 Å². The fourth-order valence-electron chi connectivity index (χ4n) is 5.33. The van der Waals surface area contributed by atoms with E-state index in [4.69, 9.17) is 0 Å². The van der Waals surface area contributed by atoms with Crippen LogP contribution < -0.4 is 15.5 Å². The lowest BCUT2D eigenvalue weighted by Gasteiger charge is -2.41. The first-order chi connectivity index (χ1) is 14.5. The van der Waals surface area contributed by atoms with Crippen molar-refractivity contribution in [3.8, 4) is 0 Å². The number of nitrogens with one attached hydrogen (secondary N) is 2. The Balaban J connectivity index is 1.55. The quantitative estimate of drug-likeness (QED) is 0.700. The number of fused-ring (bicyclic) bond motifs is 1. The van der Waals surface area contributed by atoms with Crippen LogP contribution in [0, 0.1) is 0 Å². The van der Waals surface area contributed by atoms with Crippen molar-refractivity contribution in [2.24, 2.45) is 0 Å². The molecule has 1 aromatic rings. The number of piperidine rings is 1. The lowest BCUT2D eigenvalue weighted by molar-refractivity contribution is -0.136. The highest BCUT2D eigenvalue weighted by molar-refractivity contribution is 6.05. The summed E-state index contributed by atoms with van der Waals surface area (Å²) in [6.45, 7) is 6.65. The molecule has 2 heterocycles. The van der Waals surface area contributed by atoms with Crippen LogP contribution in [0.25, 0.3) is 0 Å². The first kappa shape index (κ1) is 20.8. The van der Waals surface area contributed by atoms with Crippen molar-refractivity contribution >= 4 is 23.4 Å². The first-order valence-corrected chi connectivity index (χ1v) is 11.3. The Labute approximate surface area is 178 Å². The van der Waals surface area contributed by atoms with E-state index in [1.54, 1.807) is 4.90 Å². The number of nitrogens with zero attached hydrogens (tertiary/aromatic N) is 2. The van der Waals surface area contributed by atoms with Gasteiger partial charge >= 0.3 is 0 Å². The highest BCUT2D eigenvalue weighted by Crippen LogP contribution is 2.33. The Bertz CT molecular complexity index is 838. The van der Waals surface area contributed by atoms with Gasteiger partial charge in [0, 0.05) is 42.8 Å². The maximum atomic E-state index is 13.0. The van der Waals surface area contributed by atoms with Crippen LogP contribution >= 0.6 is 0 Å². The van der Waals surface area contributed by atoms with Crippen molar-refractivity contribution in [1.29, 1.82) is 0 Å². The second-order valence-corrected chi connectivity index (χ2v) is 8.54. The van der Waals surface area contributed by atoms with Gasteiger partial charge in [0.25, 0.3) is 5.91 Å². The molecule has 3 aliphatic rings. The number of hydrogen-bond donors (Lipinski definition) is 2. The minimum absolute atomic E-state index is 0.114. The smallest absolute Gasteiger partial charge is 0.255 e. The van der Waals surface area contributed by atoms with Gasteiger partial charge in [0.1, 0.15) is 6.04 Å². The molecule has 7 heteroatoms. The van der Waals surface area contributed by atoms with E-state index in [0.29, 0.717) is 30.6 Å². The molecule has 30 heavy (non-hydrogen) atoms. The molecule has 2 fully saturated rings. The van der Waals surface area contributed by atoms with Crippen molar-refractivity contribution < 1.29 is 14.4 Å². The molecule has 0 spiro atoms. The van der Waals surface area contributed by atoms with E-state index < -0.39 is 6.04 Å². The Morgan fingerprint density at radius 3 is 2.67 bits per heavy atom. The number of anilines is 1. The minimum atomic E-state index is -0.565. The molecule has 1 aromatic carbocycles. The van der Waals surface area contributed by atoms with Gasteiger partial charge in [-0.25, -0.2) is 0 Å². The average Bonchev–Trinajstić information content (AvgIpc) is 3.06. The zero-order valence-corrected chi connectivity index (χ0v) is 17.9. The molecule has 0 radical (unpaired) electrons. The molecule has 2 unspecified atom stereocenters. The molecular formula is C23H32N4O3. The molecule has 7 nitrogen and oxygen atoms in total. The summed E-state index contributed by atoms with van der Waals surface area (Å²) >= 11 is 0. The molecular weight excluding hydrogens is 380 g/mol. The molecule has 0 aromatic heterocycles. The molecule has 1 saturated carbocycles. The molecule has 162 valence electrons. The van der Waals surface area contributed by atoms with E-state index in [1.807, 2.05) is 12.1 Å². The van der Waals surface area contributed by atoms with Crippen LogP contribution in [0.15, 0.2) is 18.2 Å². The maximum absolute atomic E-state index is 13.0. The summed E-state index contributed by atoms with van der Waals surface area (Å²) in [5, 5.41) is 6.03. The molecule has 3 amide bonds. The van der Waals surface area contributed by atoms with Crippen molar-refractivity contribution in [2.75, 3.05) is 18.0 Å². The van der Waals surface area contributed by atoms with Gasteiger partial charge in [0.2, 0.25) is 11.8 Å². The van der Waals surface area contributed by atoms with Crippen LogP contribution in [0.3, 0.4) is 0 Å². The van der Waals surface area contributed by atoms with E-state index in [0.717, 1.165) is 24.3 Å². The van der Waals surface area contributed by atoms with Crippen LogP contribution in [0.1, 0.15) is 68.3 Å². The largest absolute Gasteiger partial charge is 0.367 e. The topological polar surface area (TPSA) is 81.8 Å². The third-order valence-corrected chi connectivity index (χ3v) is 6.78. The number of likely N-dealkylation sites (N-methyl/N-ethyl adjacent to an activating group) is 2. The average molecular weight is 413 g/mol. The standard InChI is InChI=1S/C23H32N4O3/c1-3-24-18-7-5-6-8-19(18)26(4-2)16-9-10-17-15(13-16)14-27(23(17)30)20-11-12-21(28)25-22(20)29/h9-10,13,18-20,24H,3-8,11-12,14H2,1-2H3,(H,25,28,29)/t18-,19?,20?/m1/s1. The molecule has 4 rings (SSSR count). The van der Waals surface area contributed by atoms with E-state index in [2.05, 4.69) is 35.4 Å². The molecule has 1 saturated heterocycles. The lowest BCUT2D eigenvalue weighted by Crippen LogP contribution is -2.52. The van der Waals surface area contributed by atoms with Crippen molar-refractivity contribution in [3.63, 3.8) is 0 Å². The summed E-state index contributed by atoms with van der Waals surface area (Å²) < 4.78 is 0. The van der Waals surface area contributed by atoms with Gasteiger partial charge < -0.3 is 15.1 Å². The minimum Gasteiger partial charge on any atom is -0.367 e. The zero-order valence-electron chi connectivity index (χ0n) is 17.9. The summed E-state index contributed by atoms with van der Waals surface area (Å²) in [6.07, 6.45) is 5.55. The van der Waals surface area contributed by atoms with Crippen molar-refractivity contribution in [2.45, 2.75) is 77.0 Å². The third kappa shape index (κ3) is 3.83. The molecule has 3 atom stereocenters. The summed E-state index contributed by atoms with van der Waals surface area (Å²) in [6, 6.07) is 6.45. The highest BCUT2D eigenvalue weighted by Gasteiger charge is 2.39. The van der Waals surface area contributed by atoms with Crippen molar-refractivity contribution in [1.82, 2.24) is 15.5 Å². The second-order valence-electron chi connectivity index (χ2n) is 8.54. The second kappa shape index (κ2) is 8.76. The zero-order chi connectivity index (χ0) is 21.3. The lowest BCUT2D eigenvalue weighted by atomic mass is 9.88. The van der Waals surface area contributed by atoms with Crippen LogP contribution in [0.4, 0.5) is 5.69 Å². The number of hydrogen-bond acceptors (Lipinski definition) is 5. The van der Waals surface area contributed by atoms with E-state index in [-0.39, 0.29) is 24.1 Å². The molecule has 0 bridgehead atoms. The van der Waals surface area contributed by atoms with Crippen molar-refractivity contribution in [3.05, 3.63) is 29.3 Å². The normalized spacial score (nSPS) is 26.5. The number of carbonyl (C=O) groups is 3. The SMILES string of the molecule is CCN[C@@H]1CCCCC1N(CC)c1ccc2c(c1)CN(C1CCC(=O)NC1=O)C2=O. The Hall–Kier alpha value is -2.41. The van der Waals surface area contributed by atoms with Gasteiger partial charge in [-0.15, -0.1) is 0 Å². The summed E-state index contributed by atoms with van der Waals surface area (Å²) in [4.78, 5) is 40.8. The summed E-state index contributed by atoms with van der Waals surface area (Å²) in [5.74, 6) is -0.736. The van der Waals surface area contributed by atoms with Crippen LogP contribution in [-0.4, -0.2) is 53.8 Å². The van der Waals surface area contributed by atoms with Crippen LogP contribution in [-0.2, 0) is 16.1 Å². The van der Waals surface area contributed by atoms with Gasteiger partial charge in [0.15, 0.2) is 0 Å². The van der Waals surface area contributed by atoms with E-state index in [9.17, 15) is 14.4 Å². The van der Waals surface area contributed by atoms with Gasteiger partial charge in [0.05, 0.1) is 0 Å². The van der Waals surface area contributed by atoms with Gasteiger partial charge in [-0.1, -0.05) is 19.8 Å². The highest BCUT2D eigenvalue weighted by atomic mass is 16.2. The van der Waals surface area contributed by atoms with Crippen LogP contribution in [0.5, 0.6) is 0 Å². The molecule has 1 aliphatic carbocycles. The first-order valence-electron chi connectivity index (χ1n) is 11.3. The number of carbonyl (C=O) groups excluding carboxylic acids is 3. The van der Waals surface area contributed by atoms with E-state index in [1.165, 1.54) is 25.7 Å². The summed E-state index contributed by atoms with van der Waals surface area (Å²) in [7, 11) is 0. The third-order valence-electron chi connectivity index (χ3n) is 6.78. The number of amides is 3. The molecule has 2 N–H and O–H groups in total. The van der Waals surface area contributed by atoms with E-state index >= 15 is 0 Å². The Morgan fingerprint density at radius 1 is 1.13 bits per heavy atom. The number of rotatable bonds is 6. The fraction of sp³-hybridized carbons (Fsp3) is 0.609. The number of benzene rings is 1. The maximum Gasteiger partial charge on any atom is 0.255 e. The predicted molar refractivity (Wildman–Crippen MR) is 115 cm³/mol. The Morgan fingerprint density at radius 2 is 1.93 bits per heavy atom. The van der Waals surface area contributed by atoms with Gasteiger partial charge in [-0.05, 0) is 56.5 Å². The monoisotopic (exact) mass is 412 g/mol. The fourth-order valence-corrected chi connectivity index (χ4v) is 5.33. The predicted octanol–water partition coefficient (Wildman–Crippen LogP) is 2.19. The van der Waals surface area contributed by atoms with Gasteiger partial charge in [-0.3, -0.25) is 19.7 Å². The Kier molecular flexibility index (Phi) is 6.09. The number of imide groups is 1.